The second kappa shape index (κ2) is 10.5. The fraction of sp³-hybridized carbons (Fsp3) is 0.368. The minimum Gasteiger partial charge on any atom is -0.364 e. The van der Waals surface area contributed by atoms with Crippen molar-refractivity contribution in [2.45, 2.75) is 19.9 Å². The van der Waals surface area contributed by atoms with Gasteiger partial charge in [-0.3, -0.25) is 4.99 Å². The maximum Gasteiger partial charge on any atom is 0.191 e. The summed E-state index contributed by atoms with van der Waals surface area (Å²) in [4.78, 5) is 12.3. The molecule has 0 atom stereocenters. The molecule has 26 heavy (non-hydrogen) atoms. The Morgan fingerprint density at radius 3 is 2.54 bits per heavy atom. The van der Waals surface area contributed by atoms with Crippen LogP contribution in [0.15, 0.2) is 47.6 Å². The molecule has 1 aliphatic heterocycles. The third-order valence-corrected chi connectivity index (χ3v) is 5.08. The van der Waals surface area contributed by atoms with E-state index < -0.39 is 0 Å². The molecule has 0 amide bonds. The molecule has 7 heteroatoms. The Morgan fingerprint density at radius 2 is 1.92 bits per heavy atom. The molecule has 2 aromatic rings. The maximum atomic E-state index is 4.38. The first kappa shape index (κ1) is 20.7. The standard InChI is InChI=1S/C19H25N5S.HI/c1-15-13-22-18(25-15)9-10-21-19(20-2)23-14-16-5-7-17(8-6-16)24-11-3-4-12-24;/h3-8,13H,9-12,14H2,1-2H3,(H2,20,21,23);1H. The number of nitrogens with one attached hydrogen (secondary N) is 2. The molecule has 0 saturated heterocycles. The Balaban J connectivity index is 0.00000243. The van der Waals surface area contributed by atoms with Crippen molar-refractivity contribution in [3.63, 3.8) is 0 Å². The average molecular weight is 483 g/mol. The number of aromatic nitrogens is 1. The van der Waals surface area contributed by atoms with E-state index in [1.165, 1.54) is 16.1 Å². The molecule has 0 fully saturated rings. The van der Waals surface area contributed by atoms with Crippen molar-refractivity contribution in [3.8, 4) is 0 Å². The second-order valence-corrected chi connectivity index (χ2v) is 7.33. The van der Waals surface area contributed by atoms with Crippen molar-refractivity contribution in [2.24, 2.45) is 4.99 Å². The van der Waals surface area contributed by atoms with E-state index in [0.717, 1.165) is 43.6 Å². The highest BCUT2D eigenvalue weighted by Crippen LogP contribution is 2.17. The molecule has 1 aromatic carbocycles. The lowest BCUT2D eigenvalue weighted by atomic mass is 10.2. The third kappa shape index (κ3) is 5.98. The molecule has 3 rings (SSSR count). The van der Waals surface area contributed by atoms with Crippen LogP contribution in [0.3, 0.4) is 0 Å². The van der Waals surface area contributed by atoms with Gasteiger partial charge in [0, 0.05) is 56.4 Å². The number of aryl methyl sites for hydroxylation is 1. The molecule has 0 saturated carbocycles. The zero-order valence-electron chi connectivity index (χ0n) is 15.2. The van der Waals surface area contributed by atoms with Crippen LogP contribution in [0.5, 0.6) is 0 Å². The van der Waals surface area contributed by atoms with E-state index in [2.05, 4.69) is 68.9 Å². The largest absolute Gasteiger partial charge is 0.364 e. The van der Waals surface area contributed by atoms with Crippen molar-refractivity contribution in [1.82, 2.24) is 15.6 Å². The number of guanidine groups is 1. The van der Waals surface area contributed by atoms with Crippen LogP contribution in [0.2, 0.25) is 0 Å². The number of aliphatic imine (C=N–C) groups is 1. The first-order chi connectivity index (χ1) is 12.2. The highest BCUT2D eigenvalue weighted by molar-refractivity contribution is 14.0. The van der Waals surface area contributed by atoms with E-state index in [0.29, 0.717) is 0 Å². The number of nitrogens with zero attached hydrogens (tertiary/aromatic N) is 3. The number of thiazole rings is 1. The smallest absolute Gasteiger partial charge is 0.191 e. The van der Waals surface area contributed by atoms with Gasteiger partial charge in [0.15, 0.2) is 5.96 Å². The average Bonchev–Trinajstić information content (AvgIpc) is 3.30. The number of hydrogen-bond donors (Lipinski definition) is 2. The van der Waals surface area contributed by atoms with Crippen LogP contribution in [0.4, 0.5) is 5.69 Å². The van der Waals surface area contributed by atoms with Gasteiger partial charge in [0.25, 0.3) is 0 Å². The Morgan fingerprint density at radius 1 is 1.19 bits per heavy atom. The number of anilines is 1. The molecule has 1 aliphatic rings. The van der Waals surface area contributed by atoms with E-state index in [9.17, 15) is 0 Å². The molecule has 1 aromatic heterocycles. The topological polar surface area (TPSA) is 52.6 Å². The molecule has 2 N–H and O–H groups in total. The summed E-state index contributed by atoms with van der Waals surface area (Å²) in [7, 11) is 1.80. The Kier molecular flexibility index (Phi) is 8.37. The molecule has 0 radical (unpaired) electrons. The Bertz CT molecular complexity index is 731. The molecule has 0 spiro atoms. The van der Waals surface area contributed by atoms with Gasteiger partial charge in [-0.05, 0) is 24.6 Å². The van der Waals surface area contributed by atoms with Crippen molar-refractivity contribution < 1.29 is 0 Å². The van der Waals surface area contributed by atoms with Gasteiger partial charge in [-0.15, -0.1) is 35.3 Å². The molecule has 2 heterocycles. The van der Waals surface area contributed by atoms with E-state index in [4.69, 9.17) is 0 Å². The van der Waals surface area contributed by atoms with Crippen molar-refractivity contribution in [3.05, 3.63) is 58.1 Å². The van der Waals surface area contributed by atoms with Gasteiger partial charge < -0.3 is 15.5 Å². The molecule has 0 unspecified atom stereocenters. The maximum absolute atomic E-state index is 4.38. The van der Waals surface area contributed by atoms with Crippen molar-refractivity contribution >= 4 is 47.0 Å². The van der Waals surface area contributed by atoms with Gasteiger partial charge in [-0.2, -0.15) is 0 Å². The molecule has 0 aliphatic carbocycles. The predicted octanol–water partition coefficient (Wildman–Crippen LogP) is 3.35. The van der Waals surface area contributed by atoms with Crippen molar-refractivity contribution in [1.29, 1.82) is 0 Å². The van der Waals surface area contributed by atoms with Crippen LogP contribution >= 0.6 is 35.3 Å². The Hall–Kier alpha value is -1.61. The number of hydrogen-bond acceptors (Lipinski definition) is 4. The third-order valence-electron chi connectivity index (χ3n) is 4.10. The minimum atomic E-state index is 0. The number of rotatable bonds is 6. The summed E-state index contributed by atoms with van der Waals surface area (Å²) in [5, 5.41) is 7.86. The van der Waals surface area contributed by atoms with Gasteiger partial charge in [-0.25, -0.2) is 4.98 Å². The monoisotopic (exact) mass is 483 g/mol. The van der Waals surface area contributed by atoms with Crippen LogP contribution in [-0.2, 0) is 13.0 Å². The van der Waals surface area contributed by atoms with Crippen LogP contribution in [0.1, 0.15) is 15.4 Å². The zero-order valence-corrected chi connectivity index (χ0v) is 18.4. The fourth-order valence-electron chi connectivity index (χ4n) is 2.72. The first-order valence-corrected chi connectivity index (χ1v) is 9.41. The van der Waals surface area contributed by atoms with E-state index in [-0.39, 0.29) is 24.0 Å². The highest BCUT2D eigenvalue weighted by Gasteiger charge is 2.07. The summed E-state index contributed by atoms with van der Waals surface area (Å²) in [6, 6.07) is 8.72. The minimum absolute atomic E-state index is 0. The van der Waals surface area contributed by atoms with Gasteiger partial charge in [0.05, 0.1) is 5.01 Å². The SMILES string of the molecule is CN=C(NCCc1ncc(C)s1)NCc1ccc(N2CC=CC2)cc1.I. The second-order valence-electron chi connectivity index (χ2n) is 6.01. The molecule has 5 nitrogen and oxygen atoms in total. The lowest BCUT2D eigenvalue weighted by molar-refractivity contribution is 0.792. The lowest BCUT2D eigenvalue weighted by Crippen LogP contribution is -2.37. The fourth-order valence-corrected chi connectivity index (χ4v) is 3.51. The van der Waals surface area contributed by atoms with Gasteiger partial charge in [-0.1, -0.05) is 24.3 Å². The highest BCUT2D eigenvalue weighted by atomic mass is 127. The summed E-state index contributed by atoms with van der Waals surface area (Å²) < 4.78 is 0. The van der Waals surface area contributed by atoms with Gasteiger partial charge in [0.1, 0.15) is 0 Å². The van der Waals surface area contributed by atoms with E-state index in [1.54, 1.807) is 18.4 Å². The molecular weight excluding hydrogens is 457 g/mol. The molecule has 0 bridgehead atoms. The van der Waals surface area contributed by atoms with E-state index in [1.807, 2.05) is 6.20 Å². The normalized spacial score (nSPS) is 13.6. The van der Waals surface area contributed by atoms with Gasteiger partial charge in [0.2, 0.25) is 0 Å². The molecule has 140 valence electrons. The predicted molar refractivity (Wildman–Crippen MR) is 122 cm³/mol. The van der Waals surface area contributed by atoms with Gasteiger partial charge >= 0.3 is 0 Å². The van der Waals surface area contributed by atoms with Crippen LogP contribution < -0.4 is 15.5 Å². The summed E-state index contributed by atoms with van der Waals surface area (Å²) in [5.41, 5.74) is 2.52. The Labute approximate surface area is 176 Å². The summed E-state index contributed by atoms with van der Waals surface area (Å²) >= 11 is 1.75. The van der Waals surface area contributed by atoms with Crippen LogP contribution in [0.25, 0.3) is 0 Å². The van der Waals surface area contributed by atoms with E-state index >= 15 is 0 Å². The summed E-state index contributed by atoms with van der Waals surface area (Å²) in [6.45, 7) is 5.68. The lowest BCUT2D eigenvalue weighted by Gasteiger charge is -2.18. The number of benzene rings is 1. The van der Waals surface area contributed by atoms with Crippen LogP contribution in [0, 0.1) is 6.92 Å². The molecular formula is C19H26IN5S. The van der Waals surface area contributed by atoms with Crippen molar-refractivity contribution in [2.75, 3.05) is 31.6 Å². The number of halogens is 1. The quantitative estimate of drug-likeness (QED) is 0.287. The summed E-state index contributed by atoms with van der Waals surface area (Å²) in [6.07, 6.45) is 7.25. The summed E-state index contributed by atoms with van der Waals surface area (Å²) in [5.74, 6) is 0.820. The first-order valence-electron chi connectivity index (χ1n) is 8.59. The van der Waals surface area contributed by atoms with Crippen LogP contribution in [-0.4, -0.2) is 37.6 Å². The zero-order chi connectivity index (χ0) is 17.5.